The summed E-state index contributed by atoms with van der Waals surface area (Å²) in [6, 6.07) is 13.4. The van der Waals surface area contributed by atoms with Crippen molar-refractivity contribution in [3.63, 3.8) is 0 Å². The predicted octanol–water partition coefficient (Wildman–Crippen LogP) is 5.21. The van der Waals surface area contributed by atoms with Gasteiger partial charge < -0.3 is 10.6 Å². The number of aryl methyl sites for hydroxylation is 1. The van der Waals surface area contributed by atoms with Gasteiger partial charge in [0, 0.05) is 18.4 Å². The number of anilines is 2. The fourth-order valence-electron chi connectivity index (χ4n) is 2.67. The summed E-state index contributed by atoms with van der Waals surface area (Å²) in [7, 11) is 0. The molecule has 0 aliphatic carbocycles. The first kappa shape index (κ1) is 21.5. The third-order valence-corrected chi connectivity index (χ3v) is 4.07. The standard InChI is InChI=1S/C21H23F3N2O2/c1-2-5-15-8-10-16(11-9-15)19(27)12-13-20(28)26-18-7-4-3-6-17(18)25-14-21(22,23)24/h3-4,6-11,25H,2,5,12-14H2,1H3,(H,26,28). The Bertz CT molecular complexity index is 802. The molecule has 2 rings (SSSR count). The van der Waals surface area contributed by atoms with Crippen molar-refractivity contribution in [1.29, 1.82) is 0 Å². The predicted molar refractivity (Wildman–Crippen MR) is 104 cm³/mol. The molecule has 0 saturated carbocycles. The number of carbonyl (C=O) groups is 2. The van der Waals surface area contributed by atoms with E-state index in [0.29, 0.717) is 5.56 Å². The van der Waals surface area contributed by atoms with Gasteiger partial charge >= 0.3 is 6.18 Å². The Hall–Kier alpha value is -2.83. The number of rotatable bonds is 9. The number of hydrogen-bond donors (Lipinski definition) is 2. The summed E-state index contributed by atoms with van der Waals surface area (Å²) >= 11 is 0. The van der Waals surface area contributed by atoms with E-state index in [1.165, 1.54) is 12.1 Å². The molecule has 150 valence electrons. The maximum Gasteiger partial charge on any atom is 0.405 e. The molecule has 0 aromatic heterocycles. The van der Waals surface area contributed by atoms with Crippen LogP contribution in [-0.2, 0) is 11.2 Å². The Kier molecular flexibility index (Phi) is 7.61. The zero-order valence-electron chi connectivity index (χ0n) is 15.6. The van der Waals surface area contributed by atoms with Crippen LogP contribution >= 0.6 is 0 Å². The van der Waals surface area contributed by atoms with Crippen molar-refractivity contribution in [2.45, 2.75) is 38.8 Å². The number of ketones is 1. The van der Waals surface area contributed by atoms with E-state index in [0.717, 1.165) is 18.4 Å². The molecule has 0 aliphatic heterocycles. The van der Waals surface area contributed by atoms with Gasteiger partial charge in [0.2, 0.25) is 5.91 Å². The lowest BCUT2D eigenvalue weighted by molar-refractivity contribution is -0.116. The molecule has 0 fully saturated rings. The van der Waals surface area contributed by atoms with Gasteiger partial charge in [-0.15, -0.1) is 0 Å². The highest BCUT2D eigenvalue weighted by Gasteiger charge is 2.27. The second-order valence-corrected chi connectivity index (χ2v) is 6.43. The van der Waals surface area contributed by atoms with Gasteiger partial charge in [-0.1, -0.05) is 49.7 Å². The Morgan fingerprint density at radius 1 is 0.929 bits per heavy atom. The highest BCUT2D eigenvalue weighted by molar-refractivity contribution is 6.00. The topological polar surface area (TPSA) is 58.2 Å². The Labute approximate surface area is 162 Å². The molecule has 28 heavy (non-hydrogen) atoms. The largest absolute Gasteiger partial charge is 0.405 e. The molecular weight excluding hydrogens is 369 g/mol. The summed E-state index contributed by atoms with van der Waals surface area (Å²) < 4.78 is 37.2. The molecular formula is C21H23F3N2O2. The van der Waals surface area contributed by atoms with Crippen molar-refractivity contribution < 1.29 is 22.8 Å². The molecule has 2 aromatic carbocycles. The van der Waals surface area contributed by atoms with E-state index in [1.807, 2.05) is 12.1 Å². The highest BCUT2D eigenvalue weighted by Crippen LogP contribution is 2.24. The van der Waals surface area contributed by atoms with Gasteiger partial charge in [-0.3, -0.25) is 9.59 Å². The number of Topliss-reactive ketones (excluding diaryl/α,β-unsaturated/α-hetero) is 1. The molecule has 1 amide bonds. The zero-order chi connectivity index (χ0) is 20.6. The van der Waals surface area contributed by atoms with Crippen LogP contribution in [-0.4, -0.2) is 24.4 Å². The van der Waals surface area contributed by atoms with Crippen LogP contribution in [0.5, 0.6) is 0 Å². The maximum atomic E-state index is 12.4. The first-order chi connectivity index (χ1) is 13.3. The Balaban J connectivity index is 1.89. The highest BCUT2D eigenvalue weighted by atomic mass is 19.4. The van der Waals surface area contributed by atoms with Crippen LogP contribution in [0.1, 0.15) is 42.1 Å². The SMILES string of the molecule is CCCc1ccc(C(=O)CCC(=O)Nc2ccccc2NCC(F)(F)F)cc1. The van der Waals surface area contributed by atoms with Crippen LogP contribution in [0.4, 0.5) is 24.5 Å². The number of para-hydroxylation sites is 2. The minimum absolute atomic E-state index is 0.0249. The lowest BCUT2D eigenvalue weighted by atomic mass is 10.0. The van der Waals surface area contributed by atoms with E-state index >= 15 is 0 Å². The fraction of sp³-hybridized carbons (Fsp3) is 0.333. The summed E-state index contributed by atoms with van der Waals surface area (Å²) in [5.41, 5.74) is 2.11. The van der Waals surface area contributed by atoms with Gasteiger partial charge in [0.05, 0.1) is 11.4 Å². The van der Waals surface area contributed by atoms with Crippen LogP contribution in [0, 0.1) is 0 Å². The van der Waals surface area contributed by atoms with Crippen molar-refractivity contribution in [2.75, 3.05) is 17.2 Å². The van der Waals surface area contributed by atoms with E-state index in [2.05, 4.69) is 17.6 Å². The number of alkyl halides is 3. The third kappa shape index (κ3) is 7.06. The van der Waals surface area contributed by atoms with E-state index in [-0.39, 0.29) is 30.0 Å². The van der Waals surface area contributed by atoms with Crippen LogP contribution in [0.25, 0.3) is 0 Å². The van der Waals surface area contributed by atoms with Crippen LogP contribution in [0.15, 0.2) is 48.5 Å². The number of nitrogens with one attached hydrogen (secondary N) is 2. The van der Waals surface area contributed by atoms with Crippen molar-refractivity contribution >= 4 is 23.1 Å². The molecule has 0 bridgehead atoms. The van der Waals surface area contributed by atoms with Gasteiger partial charge in [-0.2, -0.15) is 13.2 Å². The summed E-state index contributed by atoms with van der Waals surface area (Å²) in [5.74, 6) is -0.584. The van der Waals surface area contributed by atoms with Crippen LogP contribution in [0.2, 0.25) is 0 Å². The molecule has 0 aliphatic rings. The fourth-order valence-corrected chi connectivity index (χ4v) is 2.67. The number of benzene rings is 2. The van der Waals surface area contributed by atoms with Gasteiger partial charge in [0.15, 0.2) is 5.78 Å². The lowest BCUT2D eigenvalue weighted by Crippen LogP contribution is -2.22. The normalized spacial score (nSPS) is 11.1. The molecule has 2 aromatic rings. The number of hydrogen-bond acceptors (Lipinski definition) is 3. The molecule has 0 atom stereocenters. The quantitative estimate of drug-likeness (QED) is 0.576. The van der Waals surface area contributed by atoms with E-state index in [4.69, 9.17) is 0 Å². The molecule has 0 saturated heterocycles. The van der Waals surface area contributed by atoms with Crippen molar-refractivity contribution in [1.82, 2.24) is 0 Å². The Morgan fingerprint density at radius 2 is 1.57 bits per heavy atom. The molecule has 0 spiro atoms. The van der Waals surface area contributed by atoms with Crippen LogP contribution < -0.4 is 10.6 Å². The second-order valence-electron chi connectivity index (χ2n) is 6.43. The van der Waals surface area contributed by atoms with Gasteiger partial charge in [-0.25, -0.2) is 0 Å². The number of halogens is 3. The third-order valence-electron chi connectivity index (χ3n) is 4.07. The summed E-state index contributed by atoms with van der Waals surface area (Å²) in [6.07, 6.45) is -2.43. The van der Waals surface area contributed by atoms with Crippen molar-refractivity contribution in [2.24, 2.45) is 0 Å². The van der Waals surface area contributed by atoms with E-state index in [1.54, 1.807) is 24.3 Å². The summed E-state index contributed by atoms with van der Waals surface area (Å²) in [5, 5.41) is 4.82. The molecule has 2 N–H and O–H groups in total. The van der Waals surface area contributed by atoms with Crippen molar-refractivity contribution in [3.8, 4) is 0 Å². The number of amides is 1. The smallest absolute Gasteiger partial charge is 0.375 e. The molecule has 0 heterocycles. The monoisotopic (exact) mass is 392 g/mol. The molecule has 0 unspecified atom stereocenters. The van der Waals surface area contributed by atoms with Crippen molar-refractivity contribution in [3.05, 3.63) is 59.7 Å². The van der Waals surface area contributed by atoms with E-state index < -0.39 is 18.6 Å². The maximum absolute atomic E-state index is 12.4. The number of carbonyl (C=O) groups excluding carboxylic acids is 2. The minimum atomic E-state index is -4.36. The van der Waals surface area contributed by atoms with Gasteiger partial charge in [0.25, 0.3) is 0 Å². The van der Waals surface area contributed by atoms with Crippen LogP contribution in [0.3, 0.4) is 0 Å². The molecule has 7 heteroatoms. The molecule has 4 nitrogen and oxygen atoms in total. The summed E-state index contributed by atoms with van der Waals surface area (Å²) in [6.45, 7) is 0.876. The second kappa shape index (κ2) is 9.92. The first-order valence-corrected chi connectivity index (χ1v) is 9.10. The zero-order valence-corrected chi connectivity index (χ0v) is 15.6. The minimum Gasteiger partial charge on any atom is -0.375 e. The average Bonchev–Trinajstić information content (AvgIpc) is 2.65. The van der Waals surface area contributed by atoms with Gasteiger partial charge in [-0.05, 0) is 24.1 Å². The Morgan fingerprint density at radius 3 is 2.18 bits per heavy atom. The first-order valence-electron chi connectivity index (χ1n) is 9.10. The lowest BCUT2D eigenvalue weighted by Gasteiger charge is -2.14. The average molecular weight is 392 g/mol. The van der Waals surface area contributed by atoms with E-state index in [9.17, 15) is 22.8 Å². The van der Waals surface area contributed by atoms with Gasteiger partial charge in [0.1, 0.15) is 6.54 Å². The molecule has 0 radical (unpaired) electrons. The summed E-state index contributed by atoms with van der Waals surface area (Å²) in [4.78, 5) is 24.4.